The van der Waals surface area contributed by atoms with Crippen molar-refractivity contribution in [2.24, 2.45) is 5.92 Å². The molecule has 102 valence electrons. The van der Waals surface area contributed by atoms with Gasteiger partial charge in [0.05, 0.1) is 6.10 Å². The Morgan fingerprint density at radius 2 is 2.06 bits per heavy atom. The molecular weight excluding hydrogens is 230 g/mol. The fourth-order valence-electron chi connectivity index (χ4n) is 2.84. The van der Waals surface area contributed by atoms with Gasteiger partial charge in [0.25, 0.3) is 5.91 Å². The summed E-state index contributed by atoms with van der Waals surface area (Å²) < 4.78 is 5.88. The molecular formula is C14H23NO3. The molecule has 4 nitrogen and oxygen atoms in total. The van der Waals surface area contributed by atoms with Gasteiger partial charge in [-0.05, 0) is 50.9 Å². The van der Waals surface area contributed by atoms with Crippen LogP contribution in [0.2, 0.25) is 0 Å². The number of carbonyl (C=O) groups is 1. The number of likely N-dealkylation sites (tertiary alicyclic amines) is 1. The van der Waals surface area contributed by atoms with Gasteiger partial charge in [0.15, 0.2) is 0 Å². The van der Waals surface area contributed by atoms with Crippen LogP contribution < -0.4 is 0 Å². The van der Waals surface area contributed by atoms with Gasteiger partial charge in [-0.2, -0.15) is 0 Å². The van der Waals surface area contributed by atoms with Crippen LogP contribution in [-0.4, -0.2) is 47.3 Å². The summed E-state index contributed by atoms with van der Waals surface area (Å²) in [5, 5.41) is 10.1. The van der Waals surface area contributed by atoms with Crippen molar-refractivity contribution in [3.05, 3.63) is 0 Å². The fourth-order valence-corrected chi connectivity index (χ4v) is 2.84. The van der Waals surface area contributed by atoms with Gasteiger partial charge in [0.2, 0.25) is 0 Å². The summed E-state index contributed by atoms with van der Waals surface area (Å²) in [4.78, 5) is 14.0. The van der Waals surface area contributed by atoms with Crippen LogP contribution in [0, 0.1) is 5.92 Å². The predicted molar refractivity (Wildman–Crippen MR) is 67.1 cm³/mol. The SMILES string of the molecule is O=C(N1CCCC(OCC2CC2)C1)C1(O)CCC1. The van der Waals surface area contributed by atoms with E-state index in [1.165, 1.54) is 12.8 Å². The lowest BCUT2D eigenvalue weighted by molar-refractivity contribution is -0.164. The van der Waals surface area contributed by atoms with E-state index in [1.54, 1.807) is 0 Å². The third-order valence-electron chi connectivity index (χ3n) is 4.51. The van der Waals surface area contributed by atoms with E-state index in [9.17, 15) is 9.90 Å². The Bertz CT molecular complexity index is 323. The standard InChI is InChI=1S/C14H23NO3/c16-13(14(17)6-2-7-14)15-8-1-3-12(9-15)18-10-11-4-5-11/h11-12,17H,1-10H2. The number of hydrogen-bond acceptors (Lipinski definition) is 3. The highest BCUT2D eigenvalue weighted by molar-refractivity contribution is 5.86. The summed E-state index contributed by atoms with van der Waals surface area (Å²) in [7, 11) is 0. The van der Waals surface area contributed by atoms with E-state index >= 15 is 0 Å². The molecule has 0 aromatic heterocycles. The van der Waals surface area contributed by atoms with Gasteiger partial charge < -0.3 is 14.7 Å². The maximum Gasteiger partial charge on any atom is 0.254 e. The van der Waals surface area contributed by atoms with Gasteiger partial charge in [-0.1, -0.05) is 0 Å². The second kappa shape index (κ2) is 4.82. The molecule has 1 heterocycles. The van der Waals surface area contributed by atoms with E-state index < -0.39 is 5.60 Å². The zero-order chi connectivity index (χ0) is 12.6. The molecule has 2 aliphatic carbocycles. The summed E-state index contributed by atoms with van der Waals surface area (Å²) in [6.07, 6.45) is 7.08. The van der Waals surface area contributed by atoms with Gasteiger partial charge in [-0.25, -0.2) is 0 Å². The zero-order valence-corrected chi connectivity index (χ0v) is 10.9. The van der Waals surface area contributed by atoms with E-state index in [-0.39, 0.29) is 12.0 Å². The molecule has 1 amide bonds. The molecule has 0 radical (unpaired) electrons. The van der Waals surface area contributed by atoms with Crippen LogP contribution in [0.15, 0.2) is 0 Å². The van der Waals surface area contributed by atoms with E-state index in [1.807, 2.05) is 4.90 Å². The quantitative estimate of drug-likeness (QED) is 0.822. The molecule has 0 spiro atoms. The first kappa shape index (κ1) is 12.4. The van der Waals surface area contributed by atoms with E-state index in [4.69, 9.17) is 4.74 Å². The minimum Gasteiger partial charge on any atom is -0.380 e. The van der Waals surface area contributed by atoms with Crippen molar-refractivity contribution in [2.75, 3.05) is 19.7 Å². The Morgan fingerprint density at radius 3 is 2.67 bits per heavy atom. The minimum absolute atomic E-state index is 0.0616. The van der Waals surface area contributed by atoms with Crippen LogP contribution in [0.25, 0.3) is 0 Å². The Labute approximate surface area is 108 Å². The Morgan fingerprint density at radius 1 is 1.28 bits per heavy atom. The second-order valence-electron chi connectivity index (χ2n) is 6.18. The van der Waals surface area contributed by atoms with Crippen molar-refractivity contribution in [3.63, 3.8) is 0 Å². The van der Waals surface area contributed by atoms with Gasteiger partial charge in [0, 0.05) is 19.7 Å². The second-order valence-corrected chi connectivity index (χ2v) is 6.18. The third kappa shape index (κ3) is 2.54. The summed E-state index contributed by atoms with van der Waals surface area (Å²) in [5.41, 5.74) is -1.04. The predicted octanol–water partition coefficient (Wildman–Crippen LogP) is 1.32. The van der Waals surface area contributed by atoms with Crippen LogP contribution in [0.4, 0.5) is 0 Å². The number of carbonyl (C=O) groups excluding carboxylic acids is 1. The van der Waals surface area contributed by atoms with E-state index in [2.05, 4.69) is 0 Å². The molecule has 1 saturated heterocycles. The van der Waals surface area contributed by atoms with Crippen molar-refractivity contribution < 1.29 is 14.6 Å². The lowest BCUT2D eigenvalue weighted by Crippen LogP contribution is -2.56. The molecule has 1 unspecified atom stereocenters. The molecule has 1 atom stereocenters. The van der Waals surface area contributed by atoms with Gasteiger partial charge >= 0.3 is 0 Å². The highest BCUT2D eigenvalue weighted by atomic mass is 16.5. The molecule has 3 rings (SSSR count). The monoisotopic (exact) mass is 253 g/mol. The number of rotatable bonds is 4. The lowest BCUT2D eigenvalue weighted by Gasteiger charge is -2.42. The van der Waals surface area contributed by atoms with Crippen LogP contribution in [0.3, 0.4) is 0 Å². The molecule has 0 aromatic carbocycles. The number of ether oxygens (including phenoxy) is 1. The van der Waals surface area contributed by atoms with Crippen LogP contribution in [0.5, 0.6) is 0 Å². The topological polar surface area (TPSA) is 49.8 Å². The van der Waals surface area contributed by atoms with Crippen molar-refractivity contribution in [1.29, 1.82) is 0 Å². The molecule has 1 aliphatic heterocycles. The molecule has 0 bridgehead atoms. The van der Waals surface area contributed by atoms with Crippen molar-refractivity contribution in [1.82, 2.24) is 4.90 Å². The number of amides is 1. The Hall–Kier alpha value is -0.610. The maximum absolute atomic E-state index is 12.2. The number of nitrogens with zero attached hydrogens (tertiary/aromatic N) is 1. The zero-order valence-electron chi connectivity index (χ0n) is 10.9. The molecule has 3 aliphatic rings. The first-order chi connectivity index (χ1) is 8.67. The number of piperidine rings is 1. The number of hydrogen-bond donors (Lipinski definition) is 1. The molecule has 0 aromatic rings. The van der Waals surface area contributed by atoms with Crippen molar-refractivity contribution >= 4 is 5.91 Å². The Kier molecular flexibility index (Phi) is 3.32. The van der Waals surface area contributed by atoms with E-state index in [0.717, 1.165) is 38.3 Å². The van der Waals surface area contributed by atoms with Gasteiger partial charge in [-0.15, -0.1) is 0 Å². The fraction of sp³-hybridized carbons (Fsp3) is 0.929. The van der Waals surface area contributed by atoms with Crippen molar-refractivity contribution in [3.8, 4) is 0 Å². The first-order valence-electron chi connectivity index (χ1n) is 7.31. The highest BCUT2D eigenvalue weighted by Crippen LogP contribution is 2.34. The lowest BCUT2D eigenvalue weighted by atomic mass is 9.79. The molecule has 3 fully saturated rings. The number of aliphatic hydroxyl groups is 1. The normalized spacial score (nSPS) is 30.9. The van der Waals surface area contributed by atoms with Gasteiger partial charge in [-0.3, -0.25) is 4.79 Å². The summed E-state index contributed by atoms with van der Waals surface area (Å²) in [6.45, 7) is 2.31. The maximum atomic E-state index is 12.2. The highest BCUT2D eigenvalue weighted by Gasteiger charge is 2.45. The Balaban J connectivity index is 1.50. The summed E-state index contributed by atoms with van der Waals surface area (Å²) in [5.74, 6) is 0.709. The molecule has 4 heteroatoms. The molecule has 1 N–H and O–H groups in total. The first-order valence-corrected chi connectivity index (χ1v) is 7.31. The van der Waals surface area contributed by atoms with Gasteiger partial charge in [0.1, 0.15) is 5.60 Å². The minimum atomic E-state index is -1.04. The van der Waals surface area contributed by atoms with E-state index in [0.29, 0.717) is 19.4 Å². The summed E-state index contributed by atoms with van der Waals surface area (Å²) in [6, 6.07) is 0. The average Bonchev–Trinajstić information content (AvgIpc) is 3.17. The van der Waals surface area contributed by atoms with Crippen LogP contribution in [-0.2, 0) is 9.53 Å². The third-order valence-corrected chi connectivity index (χ3v) is 4.51. The van der Waals surface area contributed by atoms with Crippen molar-refractivity contribution in [2.45, 2.75) is 56.7 Å². The largest absolute Gasteiger partial charge is 0.380 e. The van der Waals surface area contributed by atoms with Crippen LogP contribution in [0.1, 0.15) is 44.9 Å². The summed E-state index contributed by atoms with van der Waals surface area (Å²) >= 11 is 0. The van der Waals surface area contributed by atoms with Crippen LogP contribution >= 0.6 is 0 Å². The molecule has 18 heavy (non-hydrogen) atoms. The average molecular weight is 253 g/mol. The smallest absolute Gasteiger partial charge is 0.254 e. The molecule has 2 saturated carbocycles.